The Morgan fingerprint density at radius 2 is 1.71 bits per heavy atom. The minimum Gasteiger partial charge on any atom is -0.286 e. The molecule has 0 bridgehead atoms. The first-order valence-electron chi connectivity index (χ1n) is 5.67. The van der Waals surface area contributed by atoms with Crippen LogP contribution in [0.25, 0.3) is 0 Å². The zero-order valence-electron chi connectivity index (χ0n) is 9.87. The van der Waals surface area contributed by atoms with Crippen molar-refractivity contribution in [3.63, 3.8) is 0 Å². The van der Waals surface area contributed by atoms with E-state index < -0.39 is 20.1 Å². The Balaban J connectivity index is 2.42. The van der Waals surface area contributed by atoms with Gasteiger partial charge in [-0.05, 0) is 32.1 Å². The number of piperidine rings is 1. The van der Waals surface area contributed by atoms with Crippen molar-refractivity contribution in [3.05, 3.63) is 0 Å². The highest BCUT2D eigenvalue weighted by Gasteiger charge is 2.27. The third-order valence-corrected chi connectivity index (χ3v) is 5.75. The van der Waals surface area contributed by atoms with Crippen molar-refractivity contribution in [2.75, 3.05) is 24.6 Å². The van der Waals surface area contributed by atoms with Gasteiger partial charge in [-0.3, -0.25) is 4.55 Å². The van der Waals surface area contributed by atoms with Crippen molar-refractivity contribution in [1.29, 1.82) is 0 Å². The largest absolute Gasteiger partial charge is 0.286 e. The topological polar surface area (TPSA) is 91.8 Å². The van der Waals surface area contributed by atoms with Crippen LogP contribution in [-0.4, -0.2) is 50.3 Å². The summed E-state index contributed by atoms with van der Waals surface area (Å²) in [7, 11) is -7.02. The highest BCUT2D eigenvalue weighted by Crippen LogP contribution is 2.22. The lowest BCUT2D eigenvalue weighted by atomic mass is 9.96. The Morgan fingerprint density at radius 1 is 1.18 bits per heavy atom. The van der Waals surface area contributed by atoms with Crippen molar-refractivity contribution in [2.24, 2.45) is 5.92 Å². The lowest BCUT2D eigenvalue weighted by Crippen LogP contribution is -2.39. The molecule has 1 N–H and O–H groups in total. The molecule has 6 nitrogen and oxygen atoms in total. The van der Waals surface area contributed by atoms with E-state index in [9.17, 15) is 16.8 Å². The summed E-state index contributed by atoms with van der Waals surface area (Å²) in [6.45, 7) is 2.51. The normalized spacial score (nSPS) is 20.6. The molecule has 0 spiro atoms. The summed E-state index contributed by atoms with van der Waals surface area (Å²) in [5, 5.41) is 0. The number of sulfonamides is 1. The molecule has 0 unspecified atom stereocenters. The van der Waals surface area contributed by atoms with Crippen LogP contribution in [0.2, 0.25) is 0 Å². The van der Waals surface area contributed by atoms with Gasteiger partial charge in [0, 0.05) is 13.1 Å². The second-order valence-electron chi connectivity index (χ2n) is 4.32. The predicted molar refractivity (Wildman–Crippen MR) is 64.8 cm³/mol. The van der Waals surface area contributed by atoms with Crippen LogP contribution < -0.4 is 0 Å². The van der Waals surface area contributed by atoms with Crippen molar-refractivity contribution < 1.29 is 21.4 Å². The van der Waals surface area contributed by atoms with Gasteiger partial charge < -0.3 is 0 Å². The number of hydrogen-bond donors (Lipinski definition) is 1. The Hall–Kier alpha value is -0.180. The van der Waals surface area contributed by atoms with E-state index in [4.69, 9.17) is 4.55 Å². The van der Waals surface area contributed by atoms with E-state index in [1.807, 2.05) is 0 Å². The van der Waals surface area contributed by atoms with Gasteiger partial charge in [-0.1, -0.05) is 0 Å². The number of hydrogen-bond acceptors (Lipinski definition) is 4. The fourth-order valence-corrected chi connectivity index (χ4v) is 3.74. The molecule has 1 rings (SSSR count). The molecule has 0 atom stereocenters. The fraction of sp³-hybridized carbons (Fsp3) is 1.00. The van der Waals surface area contributed by atoms with Crippen molar-refractivity contribution in [1.82, 2.24) is 4.31 Å². The van der Waals surface area contributed by atoms with E-state index in [-0.39, 0.29) is 17.4 Å². The van der Waals surface area contributed by atoms with Crippen molar-refractivity contribution in [3.8, 4) is 0 Å². The molecule has 0 aliphatic carbocycles. The van der Waals surface area contributed by atoms with Crippen molar-refractivity contribution in [2.45, 2.75) is 26.2 Å². The van der Waals surface area contributed by atoms with Gasteiger partial charge in [-0.25, -0.2) is 12.7 Å². The average Bonchev–Trinajstić information content (AvgIpc) is 2.26. The smallest absolute Gasteiger partial charge is 0.264 e. The van der Waals surface area contributed by atoms with Gasteiger partial charge in [0.05, 0.1) is 11.5 Å². The summed E-state index contributed by atoms with van der Waals surface area (Å²) >= 11 is 0. The van der Waals surface area contributed by atoms with Gasteiger partial charge in [0.2, 0.25) is 10.0 Å². The Bertz CT molecular complexity index is 434. The molecule has 0 aromatic carbocycles. The molecule has 17 heavy (non-hydrogen) atoms. The van der Waals surface area contributed by atoms with E-state index in [0.29, 0.717) is 32.4 Å². The monoisotopic (exact) mass is 285 g/mol. The molecule has 0 radical (unpaired) electrons. The number of nitrogens with zero attached hydrogens (tertiary/aromatic N) is 1. The molecular formula is C9H19NO5S2. The van der Waals surface area contributed by atoms with Crippen LogP contribution in [0.3, 0.4) is 0 Å². The van der Waals surface area contributed by atoms with E-state index >= 15 is 0 Å². The molecular weight excluding hydrogens is 266 g/mol. The van der Waals surface area contributed by atoms with Gasteiger partial charge in [0.15, 0.2) is 0 Å². The van der Waals surface area contributed by atoms with Crippen molar-refractivity contribution >= 4 is 20.1 Å². The molecule has 0 aromatic heterocycles. The molecule has 102 valence electrons. The van der Waals surface area contributed by atoms with Crippen LogP contribution in [0.5, 0.6) is 0 Å². The van der Waals surface area contributed by atoms with Gasteiger partial charge in [-0.2, -0.15) is 8.42 Å². The second kappa shape index (κ2) is 5.64. The second-order valence-corrected chi connectivity index (χ2v) is 8.15. The van der Waals surface area contributed by atoms with Crippen LogP contribution in [0.15, 0.2) is 0 Å². The zero-order valence-corrected chi connectivity index (χ0v) is 11.5. The lowest BCUT2D eigenvalue weighted by Gasteiger charge is -2.30. The molecule has 1 saturated heterocycles. The molecule has 1 aliphatic rings. The minimum atomic E-state index is -3.90. The standard InChI is InChI=1S/C9H19NO5S2/c1-2-16(11,12)10-6-3-9(4-7-10)5-8-17(13,14)15/h9H,2-8H2,1H3,(H,13,14,15). The van der Waals surface area contributed by atoms with E-state index in [1.165, 1.54) is 4.31 Å². The first kappa shape index (κ1) is 14.9. The van der Waals surface area contributed by atoms with E-state index in [0.717, 1.165) is 0 Å². The zero-order chi connectivity index (χ0) is 13.1. The lowest BCUT2D eigenvalue weighted by molar-refractivity contribution is 0.268. The van der Waals surface area contributed by atoms with E-state index in [1.54, 1.807) is 6.92 Å². The predicted octanol–water partition coefficient (Wildman–Crippen LogP) is 0.326. The Kier molecular flexibility index (Phi) is 4.94. The third-order valence-electron chi connectivity index (χ3n) is 3.12. The SMILES string of the molecule is CCS(=O)(=O)N1CCC(CCS(=O)(=O)O)CC1. The maximum atomic E-state index is 11.6. The van der Waals surface area contributed by atoms with Crippen LogP contribution in [0.4, 0.5) is 0 Å². The van der Waals surface area contributed by atoms with Crippen LogP contribution in [-0.2, 0) is 20.1 Å². The maximum Gasteiger partial charge on any atom is 0.264 e. The molecule has 0 saturated carbocycles. The molecule has 1 aliphatic heterocycles. The average molecular weight is 285 g/mol. The summed E-state index contributed by atoms with van der Waals surface area (Å²) < 4.78 is 54.4. The summed E-state index contributed by atoms with van der Waals surface area (Å²) in [5.41, 5.74) is 0. The summed E-state index contributed by atoms with van der Waals surface area (Å²) in [5.74, 6) is 0.0428. The highest BCUT2D eigenvalue weighted by atomic mass is 32.2. The summed E-state index contributed by atoms with van der Waals surface area (Å²) in [6.07, 6.45) is 1.72. The first-order chi connectivity index (χ1) is 7.74. The highest BCUT2D eigenvalue weighted by molar-refractivity contribution is 7.89. The quantitative estimate of drug-likeness (QED) is 0.735. The fourth-order valence-electron chi connectivity index (χ4n) is 1.97. The van der Waals surface area contributed by atoms with Gasteiger partial charge in [0.25, 0.3) is 10.1 Å². The Labute approximate surface area is 103 Å². The minimum absolute atomic E-state index is 0.0999. The maximum absolute atomic E-state index is 11.6. The third kappa shape index (κ3) is 4.90. The Morgan fingerprint density at radius 3 is 2.12 bits per heavy atom. The summed E-state index contributed by atoms with van der Waals surface area (Å²) in [6, 6.07) is 0. The van der Waals surface area contributed by atoms with Gasteiger partial charge in [0.1, 0.15) is 0 Å². The van der Waals surface area contributed by atoms with Gasteiger partial charge >= 0.3 is 0 Å². The van der Waals surface area contributed by atoms with Crippen LogP contribution in [0.1, 0.15) is 26.2 Å². The van der Waals surface area contributed by atoms with E-state index in [2.05, 4.69) is 0 Å². The molecule has 1 heterocycles. The van der Waals surface area contributed by atoms with Gasteiger partial charge in [-0.15, -0.1) is 0 Å². The molecule has 8 heteroatoms. The summed E-state index contributed by atoms with van der Waals surface area (Å²) in [4.78, 5) is 0. The molecule has 0 aromatic rings. The number of rotatable bonds is 5. The van der Waals surface area contributed by atoms with Crippen LogP contribution >= 0.6 is 0 Å². The van der Waals surface area contributed by atoms with Crippen LogP contribution in [0, 0.1) is 5.92 Å². The first-order valence-corrected chi connectivity index (χ1v) is 8.89. The molecule has 0 amide bonds. The molecule has 1 fully saturated rings.